The highest BCUT2D eigenvalue weighted by Gasteiger charge is 2.14. The first kappa shape index (κ1) is 9.49. The molecule has 0 aliphatic carbocycles. The lowest BCUT2D eigenvalue weighted by Gasteiger charge is -2.21. The first-order valence-electron chi connectivity index (χ1n) is 5.18. The molecule has 1 saturated heterocycles. The number of hydrazine groups is 1. The summed E-state index contributed by atoms with van der Waals surface area (Å²) < 4.78 is 0. The third-order valence-corrected chi connectivity index (χ3v) is 2.73. The van der Waals surface area contributed by atoms with Crippen molar-refractivity contribution in [1.29, 1.82) is 0 Å². The van der Waals surface area contributed by atoms with E-state index in [-0.39, 0.29) is 0 Å². The third-order valence-electron chi connectivity index (χ3n) is 2.73. The molecule has 3 nitrogen and oxygen atoms in total. The fourth-order valence-corrected chi connectivity index (χ4v) is 2.04. The van der Waals surface area contributed by atoms with Gasteiger partial charge in [-0.1, -0.05) is 18.2 Å². The Morgan fingerprint density at radius 3 is 2.64 bits per heavy atom. The van der Waals surface area contributed by atoms with Crippen molar-refractivity contribution in [3.63, 3.8) is 0 Å². The number of nitrogens with one attached hydrogen (secondary N) is 1. The molecule has 1 aliphatic rings. The zero-order chi connectivity index (χ0) is 9.80. The summed E-state index contributed by atoms with van der Waals surface area (Å²) in [7, 11) is 0. The maximum Gasteiger partial charge on any atom is 0.0412 e. The van der Waals surface area contributed by atoms with Gasteiger partial charge < -0.3 is 4.90 Å². The SMILES string of the molecule is NNCc1ccccc1N1CCCC1. The average Bonchev–Trinajstić information content (AvgIpc) is 2.72. The molecule has 1 aromatic rings. The molecular weight excluding hydrogens is 174 g/mol. The Bertz CT molecular complexity index is 292. The van der Waals surface area contributed by atoms with Gasteiger partial charge in [-0.2, -0.15) is 0 Å². The molecule has 3 N–H and O–H groups in total. The van der Waals surface area contributed by atoms with Crippen LogP contribution in [0.25, 0.3) is 0 Å². The predicted molar refractivity (Wildman–Crippen MR) is 58.9 cm³/mol. The second-order valence-corrected chi connectivity index (χ2v) is 3.70. The first-order chi connectivity index (χ1) is 6.92. The molecule has 76 valence electrons. The molecule has 2 rings (SSSR count). The molecule has 0 aromatic heterocycles. The smallest absolute Gasteiger partial charge is 0.0412 e. The molecule has 1 aromatic carbocycles. The summed E-state index contributed by atoms with van der Waals surface area (Å²) in [6, 6.07) is 8.46. The summed E-state index contributed by atoms with van der Waals surface area (Å²) in [5.74, 6) is 5.36. The lowest BCUT2D eigenvalue weighted by molar-refractivity contribution is 0.737. The van der Waals surface area contributed by atoms with E-state index < -0.39 is 0 Å². The standard InChI is InChI=1S/C11H17N3/c12-13-9-10-5-1-2-6-11(10)14-7-3-4-8-14/h1-2,5-6,13H,3-4,7-9,12H2. The summed E-state index contributed by atoms with van der Waals surface area (Å²) in [6.45, 7) is 3.11. The molecule has 0 saturated carbocycles. The van der Waals surface area contributed by atoms with Crippen LogP contribution in [-0.4, -0.2) is 13.1 Å². The van der Waals surface area contributed by atoms with Gasteiger partial charge in [0.1, 0.15) is 0 Å². The van der Waals surface area contributed by atoms with Crippen molar-refractivity contribution in [3.05, 3.63) is 29.8 Å². The van der Waals surface area contributed by atoms with Gasteiger partial charge in [0.2, 0.25) is 0 Å². The Balaban J connectivity index is 2.21. The second kappa shape index (κ2) is 4.44. The molecule has 1 fully saturated rings. The molecule has 0 spiro atoms. The van der Waals surface area contributed by atoms with Gasteiger partial charge >= 0.3 is 0 Å². The van der Waals surface area contributed by atoms with E-state index in [9.17, 15) is 0 Å². The molecular formula is C11H17N3. The summed E-state index contributed by atoms with van der Waals surface area (Å²) in [5.41, 5.74) is 5.35. The minimum atomic E-state index is 0.743. The highest BCUT2D eigenvalue weighted by Crippen LogP contribution is 2.23. The summed E-state index contributed by atoms with van der Waals surface area (Å²) >= 11 is 0. The van der Waals surface area contributed by atoms with Crippen LogP contribution in [0.1, 0.15) is 18.4 Å². The quantitative estimate of drug-likeness (QED) is 0.558. The Morgan fingerprint density at radius 2 is 1.93 bits per heavy atom. The zero-order valence-electron chi connectivity index (χ0n) is 8.37. The van der Waals surface area contributed by atoms with Crippen LogP contribution in [0.4, 0.5) is 5.69 Å². The normalized spacial score (nSPS) is 16.2. The van der Waals surface area contributed by atoms with E-state index >= 15 is 0 Å². The lowest BCUT2D eigenvalue weighted by Crippen LogP contribution is -2.24. The van der Waals surface area contributed by atoms with Crippen molar-refractivity contribution in [2.24, 2.45) is 5.84 Å². The Morgan fingerprint density at radius 1 is 1.21 bits per heavy atom. The number of hydrogen-bond acceptors (Lipinski definition) is 3. The van der Waals surface area contributed by atoms with Gasteiger partial charge in [-0.15, -0.1) is 0 Å². The van der Waals surface area contributed by atoms with Gasteiger partial charge in [0, 0.05) is 25.3 Å². The van der Waals surface area contributed by atoms with E-state index in [2.05, 4.69) is 34.6 Å². The number of benzene rings is 1. The van der Waals surface area contributed by atoms with Crippen molar-refractivity contribution in [2.75, 3.05) is 18.0 Å². The van der Waals surface area contributed by atoms with Gasteiger partial charge in [-0.25, -0.2) is 0 Å². The number of anilines is 1. The van der Waals surface area contributed by atoms with Gasteiger partial charge in [-0.05, 0) is 24.5 Å². The summed E-state index contributed by atoms with van der Waals surface area (Å²) in [5, 5.41) is 0. The largest absolute Gasteiger partial charge is 0.371 e. The number of rotatable bonds is 3. The van der Waals surface area contributed by atoms with Crippen LogP contribution in [0.3, 0.4) is 0 Å². The first-order valence-corrected chi connectivity index (χ1v) is 5.18. The maximum atomic E-state index is 5.36. The highest BCUT2D eigenvalue weighted by molar-refractivity contribution is 5.54. The van der Waals surface area contributed by atoms with Crippen LogP contribution < -0.4 is 16.2 Å². The van der Waals surface area contributed by atoms with Crippen LogP contribution in [-0.2, 0) is 6.54 Å². The molecule has 0 amide bonds. The summed E-state index contributed by atoms with van der Waals surface area (Å²) in [6.07, 6.45) is 2.62. The van der Waals surface area contributed by atoms with E-state index in [4.69, 9.17) is 5.84 Å². The number of nitrogens with two attached hydrogens (primary N) is 1. The molecule has 0 unspecified atom stereocenters. The van der Waals surface area contributed by atoms with Crippen molar-refractivity contribution in [3.8, 4) is 0 Å². The molecule has 1 heterocycles. The molecule has 0 radical (unpaired) electrons. The molecule has 0 atom stereocenters. The maximum absolute atomic E-state index is 5.36. The number of nitrogens with zero attached hydrogens (tertiary/aromatic N) is 1. The Hall–Kier alpha value is -1.06. The van der Waals surface area contributed by atoms with Crippen LogP contribution >= 0.6 is 0 Å². The summed E-state index contributed by atoms with van der Waals surface area (Å²) in [4.78, 5) is 2.44. The molecule has 14 heavy (non-hydrogen) atoms. The Kier molecular flexibility index (Phi) is 3.01. The van der Waals surface area contributed by atoms with E-state index in [1.807, 2.05) is 0 Å². The van der Waals surface area contributed by atoms with Crippen molar-refractivity contribution in [2.45, 2.75) is 19.4 Å². The monoisotopic (exact) mass is 191 g/mol. The van der Waals surface area contributed by atoms with Crippen LogP contribution in [0, 0.1) is 0 Å². The lowest BCUT2D eigenvalue weighted by atomic mass is 10.1. The highest BCUT2D eigenvalue weighted by atomic mass is 15.2. The average molecular weight is 191 g/mol. The minimum absolute atomic E-state index is 0.743. The second-order valence-electron chi connectivity index (χ2n) is 3.70. The third kappa shape index (κ3) is 1.89. The molecule has 1 aliphatic heterocycles. The van der Waals surface area contributed by atoms with Gasteiger partial charge in [-0.3, -0.25) is 11.3 Å². The minimum Gasteiger partial charge on any atom is -0.371 e. The van der Waals surface area contributed by atoms with E-state index in [1.54, 1.807) is 0 Å². The van der Waals surface area contributed by atoms with E-state index in [0.717, 1.165) is 6.54 Å². The molecule has 0 bridgehead atoms. The van der Waals surface area contributed by atoms with Crippen LogP contribution in [0.15, 0.2) is 24.3 Å². The molecule has 3 heteroatoms. The van der Waals surface area contributed by atoms with E-state index in [0.29, 0.717) is 0 Å². The van der Waals surface area contributed by atoms with Gasteiger partial charge in [0.25, 0.3) is 0 Å². The number of hydrogen-bond donors (Lipinski definition) is 2. The van der Waals surface area contributed by atoms with Crippen molar-refractivity contribution < 1.29 is 0 Å². The fourth-order valence-electron chi connectivity index (χ4n) is 2.04. The van der Waals surface area contributed by atoms with E-state index in [1.165, 1.54) is 37.2 Å². The Labute approximate surface area is 84.9 Å². The van der Waals surface area contributed by atoms with Gasteiger partial charge in [0.15, 0.2) is 0 Å². The van der Waals surface area contributed by atoms with Crippen molar-refractivity contribution >= 4 is 5.69 Å². The number of para-hydroxylation sites is 1. The van der Waals surface area contributed by atoms with Crippen LogP contribution in [0.5, 0.6) is 0 Å². The predicted octanol–water partition coefficient (Wildman–Crippen LogP) is 1.25. The van der Waals surface area contributed by atoms with Crippen LogP contribution in [0.2, 0.25) is 0 Å². The van der Waals surface area contributed by atoms with Gasteiger partial charge in [0.05, 0.1) is 0 Å². The zero-order valence-corrected chi connectivity index (χ0v) is 8.37. The fraction of sp³-hybridized carbons (Fsp3) is 0.455. The topological polar surface area (TPSA) is 41.3 Å². The van der Waals surface area contributed by atoms with Crippen molar-refractivity contribution in [1.82, 2.24) is 5.43 Å².